The molecule has 1 heterocycles. The third-order valence-corrected chi connectivity index (χ3v) is 4.65. The fraction of sp³-hybridized carbons (Fsp3) is 0.467. The molecule has 0 spiro atoms. The van der Waals surface area contributed by atoms with Crippen molar-refractivity contribution in [1.29, 1.82) is 0 Å². The third kappa shape index (κ3) is 3.33. The molecule has 1 aromatic carbocycles. The predicted octanol–water partition coefficient (Wildman–Crippen LogP) is 2.41. The van der Waals surface area contributed by atoms with Gasteiger partial charge >= 0.3 is 5.97 Å². The number of amides is 1. The van der Waals surface area contributed by atoms with E-state index in [0.29, 0.717) is 18.2 Å². The van der Waals surface area contributed by atoms with Crippen LogP contribution in [0.5, 0.6) is 0 Å². The van der Waals surface area contributed by atoms with Crippen molar-refractivity contribution in [1.82, 2.24) is 4.90 Å². The molecule has 108 valence electrons. The molecule has 1 amide bonds. The summed E-state index contributed by atoms with van der Waals surface area (Å²) < 4.78 is 0. The first-order valence-electron chi connectivity index (χ1n) is 6.67. The van der Waals surface area contributed by atoms with Gasteiger partial charge in [0.1, 0.15) is 0 Å². The number of carbonyl (C=O) groups is 2. The summed E-state index contributed by atoms with van der Waals surface area (Å²) in [5.74, 6) is -0.773. The number of fused-ring (bicyclic) bond motifs is 1. The SMILES string of the molecule is CSC(C)CC(=O)N1CCc2ccc(C(=O)O)cc2C1. The number of rotatable bonds is 4. The maximum atomic E-state index is 12.2. The number of thioether (sulfide) groups is 1. The van der Waals surface area contributed by atoms with Gasteiger partial charge in [0.25, 0.3) is 0 Å². The van der Waals surface area contributed by atoms with Gasteiger partial charge in [-0.3, -0.25) is 4.79 Å². The molecule has 5 heteroatoms. The van der Waals surface area contributed by atoms with E-state index in [1.165, 1.54) is 0 Å². The molecule has 0 aliphatic carbocycles. The van der Waals surface area contributed by atoms with Crippen molar-refractivity contribution in [2.75, 3.05) is 12.8 Å². The normalized spacial score (nSPS) is 15.6. The summed E-state index contributed by atoms with van der Waals surface area (Å²) in [6.07, 6.45) is 3.34. The second kappa shape index (κ2) is 6.31. The van der Waals surface area contributed by atoms with E-state index in [2.05, 4.69) is 0 Å². The number of carbonyl (C=O) groups excluding carboxylic acids is 1. The highest BCUT2D eigenvalue weighted by Crippen LogP contribution is 2.22. The number of aromatic carboxylic acids is 1. The zero-order valence-corrected chi connectivity index (χ0v) is 12.6. The number of nitrogens with zero attached hydrogens (tertiary/aromatic N) is 1. The Labute approximate surface area is 123 Å². The Morgan fingerprint density at radius 1 is 1.40 bits per heavy atom. The second-order valence-corrected chi connectivity index (χ2v) is 6.38. The molecule has 20 heavy (non-hydrogen) atoms. The Morgan fingerprint density at radius 3 is 2.80 bits per heavy atom. The van der Waals surface area contributed by atoms with Crippen LogP contribution in [0.4, 0.5) is 0 Å². The van der Waals surface area contributed by atoms with E-state index in [-0.39, 0.29) is 11.5 Å². The van der Waals surface area contributed by atoms with Crippen LogP contribution in [0, 0.1) is 0 Å². The summed E-state index contributed by atoms with van der Waals surface area (Å²) in [7, 11) is 0. The molecular formula is C15H19NO3S. The average molecular weight is 293 g/mol. The number of hydrogen-bond donors (Lipinski definition) is 1. The quantitative estimate of drug-likeness (QED) is 0.926. The molecular weight excluding hydrogens is 274 g/mol. The smallest absolute Gasteiger partial charge is 0.335 e. The lowest BCUT2D eigenvalue weighted by atomic mass is 9.97. The largest absolute Gasteiger partial charge is 0.478 e. The van der Waals surface area contributed by atoms with Crippen molar-refractivity contribution in [3.63, 3.8) is 0 Å². The minimum absolute atomic E-state index is 0.151. The minimum Gasteiger partial charge on any atom is -0.478 e. The summed E-state index contributed by atoms with van der Waals surface area (Å²) in [6.45, 7) is 3.29. The molecule has 0 aromatic heterocycles. The van der Waals surface area contributed by atoms with Gasteiger partial charge in [0.15, 0.2) is 0 Å². The van der Waals surface area contributed by atoms with Crippen molar-refractivity contribution < 1.29 is 14.7 Å². The van der Waals surface area contributed by atoms with Crippen molar-refractivity contribution in [3.05, 3.63) is 34.9 Å². The summed E-state index contributed by atoms with van der Waals surface area (Å²) >= 11 is 1.68. The van der Waals surface area contributed by atoms with Crippen LogP contribution in [0.1, 0.15) is 34.8 Å². The standard InChI is InChI=1S/C15H19NO3S/c1-10(20-2)7-14(17)16-6-5-11-3-4-12(15(18)19)8-13(11)9-16/h3-4,8,10H,5-7,9H2,1-2H3,(H,18,19). The first kappa shape index (κ1) is 14.9. The number of carboxylic acids is 1. The number of benzene rings is 1. The van der Waals surface area contributed by atoms with E-state index in [0.717, 1.165) is 24.1 Å². The van der Waals surface area contributed by atoms with Crippen molar-refractivity contribution in [2.24, 2.45) is 0 Å². The highest BCUT2D eigenvalue weighted by Gasteiger charge is 2.22. The topological polar surface area (TPSA) is 57.6 Å². The molecule has 1 atom stereocenters. The van der Waals surface area contributed by atoms with Crippen LogP contribution in [0.3, 0.4) is 0 Å². The fourth-order valence-electron chi connectivity index (χ4n) is 2.36. The Hall–Kier alpha value is -1.49. The summed E-state index contributed by atoms with van der Waals surface area (Å²) in [5, 5.41) is 9.34. The van der Waals surface area contributed by atoms with Gasteiger partial charge in [0, 0.05) is 24.8 Å². The van der Waals surface area contributed by atoms with Gasteiger partial charge in [-0.25, -0.2) is 4.79 Å². The zero-order valence-electron chi connectivity index (χ0n) is 11.8. The van der Waals surface area contributed by atoms with E-state index in [9.17, 15) is 9.59 Å². The van der Waals surface area contributed by atoms with Gasteiger partial charge in [-0.05, 0) is 35.9 Å². The van der Waals surface area contributed by atoms with Crippen LogP contribution in [-0.2, 0) is 17.8 Å². The lowest BCUT2D eigenvalue weighted by Gasteiger charge is -2.29. The molecule has 1 aliphatic heterocycles. The van der Waals surface area contributed by atoms with Gasteiger partial charge in [-0.15, -0.1) is 0 Å². The van der Waals surface area contributed by atoms with Crippen LogP contribution in [-0.4, -0.2) is 39.9 Å². The molecule has 0 bridgehead atoms. The van der Waals surface area contributed by atoms with Crippen LogP contribution in [0.2, 0.25) is 0 Å². The average Bonchev–Trinajstić information content (AvgIpc) is 2.45. The number of carboxylic acid groups (broad SMARTS) is 1. The summed E-state index contributed by atoms with van der Waals surface area (Å²) in [4.78, 5) is 25.0. The third-order valence-electron chi connectivity index (χ3n) is 3.68. The Balaban J connectivity index is 2.11. The maximum Gasteiger partial charge on any atom is 0.335 e. The van der Waals surface area contributed by atoms with Crippen LogP contribution < -0.4 is 0 Å². The summed E-state index contributed by atoms with van der Waals surface area (Å²) in [5.41, 5.74) is 2.40. The Morgan fingerprint density at radius 2 is 2.15 bits per heavy atom. The molecule has 1 aliphatic rings. The van der Waals surface area contributed by atoms with E-state index >= 15 is 0 Å². The molecule has 0 radical (unpaired) electrons. The molecule has 1 N–H and O–H groups in total. The van der Waals surface area contributed by atoms with E-state index in [4.69, 9.17) is 5.11 Å². The summed E-state index contributed by atoms with van der Waals surface area (Å²) in [6, 6.07) is 5.19. The van der Waals surface area contributed by atoms with Gasteiger partial charge in [-0.2, -0.15) is 11.8 Å². The van der Waals surface area contributed by atoms with E-state index in [1.54, 1.807) is 23.9 Å². The molecule has 0 fully saturated rings. The van der Waals surface area contributed by atoms with Crippen LogP contribution in [0.25, 0.3) is 0 Å². The van der Waals surface area contributed by atoms with Gasteiger partial charge in [0.2, 0.25) is 5.91 Å². The van der Waals surface area contributed by atoms with E-state index in [1.807, 2.05) is 24.1 Å². The molecule has 2 rings (SSSR count). The maximum absolute atomic E-state index is 12.2. The van der Waals surface area contributed by atoms with E-state index < -0.39 is 5.97 Å². The lowest BCUT2D eigenvalue weighted by molar-refractivity contribution is -0.132. The van der Waals surface area contributed by atoms with Gasteiger partial charge in [-0.1, -0.05) is 13.0 Å². The van der Waals surface area contributed by atoms with Gasteiger partial charge < -0.3 is 10.0 Å². The Kier molecular flexibility index (Phi) is 4.70. The highest BCUT2D eigenvalue weighted by molar-refractivity contribution is 7.99. The van der Waals surface area contributed by atoms with Crippen molar-refractivity contribution in [3.8, 4) is 0 Å². The highest BCUT2D eigenvalue weighted by atomic mass is 32.2. The fourth-order valence-corrected chi connectivity index (χ4v) is 2.67. The van der Waals surface area contributed by atoms with Gasteiger partial charge in [0.05, 0.1) is 5.56 Å². The minimum atomic E-state index is -0.924. The first-order valence-corrected chi connectivity index (χ1v) is 7.95. The van der Waals surface area contributed by atoms with Crippen LogP contribution in [0.15, 0.2) is 18.2 Å². The predicted molar refractivity (Wildman–Crippen MR) is 80.1 cm³/mol. The molecule has 0 saturated carbocycles. The number of hydrogen-bond acceptors (Lipinski definition) is 3. The van der Waals surface area contributed by atoms with Crippen LogP contribution >= 0.6 is 11.8 Å². The van der Waals surface area contributed by atoms with Crippen molar-refractivity contribution >= 4 is 23.6 Å². The lowest BCUT2D eigenvalue weighted by Crippen LogP contribution is -2.37. The monoisotopic (exact) mass is 293 g/mol. The van der Waals surface area contributed by atoms with Crippen molar-refractivity contribution in [2.45, 2.75) is 31.6 Å². The Bertz CT molecular complexity index is 530. The second-order valence-electron chi connectivity index (χ2n) is 5.10. The molecule has 1 unspecified atom stereocenters. The molecule has 4 nitrogen and oxygen atoms in total. The zero-order chi connectivity index (χ0) is 14.7. The first-order chi connectivity index (χ1) is 9.51. The molecule has 1 aromatic rings. The molecule has 0 saturated heterocycles.